The van der Waals surface area contributed by atoms with Crippen LogP contribution in [0.1, 0.15) is 37.2 Å². The maximum absolute atomic E-state index is 12.7. The molecule has 4 aromatic rings. The number of carboxylic acids is 1. The molecule has 0 fully saturated rings. The molecule has 0 bridgehead atoms. The molecule has 7 nitrogen and oxygen atoms in total. The monoisotopic (exact) mass is 461 g/mol. The van der Waals surface area contributed by atoms with Crippen LogP contribution >= 0.6 is 0 Å². The van der Waals surface area contributed by atoms with Crippen molar-refractivity contribution in [2.24, 2.45) is 5.92 Å². The maximum atomic E-state index is 12.7. The van der Waals surface area contributed by atoms with Crippen molar-refractivity contribution in [3.8, 4) is 11.1 Å². The Morgan fingerprint density at radius 1 is 1.00 bits per heavy atom. The van der Waals surface area contributed by atoms with Crippen molar-refractivity contribution in [2.75, 3.05) is 0 Å². The van der Waals surface area contributed by atoms with Crippen molar-refractivity contribution in [1.29, 1.82) is 0 Å². The van der Waals surface area contributed by atoms with Gasteiger partial charge in [0.25, 0.3) is 0 Å². The smallest absolute Gasteiger partial charge is 0.340 e. The van der Waals surface area contributed by atoms with Crippen LogP contribution in [0.3, 0.4) is 0 Å². The molecule has 0 radical (unpaired) electrons. The Balaban J connectivity index is 1.76. The van der Waals surface area contributed by atoms with Gasteiger partial charge in [0.15, 0.2) is 0 Å². The van der Waals surface area contributed by atoms with Crippen LogP contribution in [0.5, 0.6) is 0 Å². The molecule has 2 N–H and O–H groups in total. The van der Waals surface area contributed by atoms with E-state index in [1.165, 1.54) is 0 Å². The quantitative estimate of drug-likeness (QED) is 0.376. The van der Waals surface area contributed by atoms with Gasteiger partial charge in [-0.15, -0.1) is 0 Å². The van der Waals surface area contributed by atoms with Gasteiger partial charge in [0.1, 0.15) is 23.0 Å². The van der Waals surface area contributed by atoms with Crippen LogP contribution in [-0.2, 0) is 16.0 Å². The van der Waals surface area contributed by atoms with E-state index in [4.69, 9.17) is 8.83 Å². The molecular formula is C27H27NO6. The summed E-state index contributed by atoms with van der Waals surface area (Å²) in [6, 6.07) is 12.5. The summed E-state index contributed by atoms with van der Waals surface area (Å²) in [6.45, 7) is 7.42. The molecule has 0 unspecified atom stereocenters. The molecule has 2 aromatic carbocycles. The lowest BCUT2D eigenvalue weighted by atomic mass is 9.98. The second-order valence-electron chi connectivity index (χ2n) is 9.00. The molecule has 7 heteroatoms. The van der Waals surface area contributed by atoms with Crippen molar-refractivity contribution in [3.05, 3.63) is 69.8 Å². The molecule has 0 aliphatic rings. The first-order chi connectivity index (χ1) is 16.2. The molecule has 2 aromatic heterocycles. The minimum Gasteiger partial charge on any atom is -0.480 e. The van der Waals surface area contributed by atoms with E-state index in [2.05, 4.69) is 5.32 Å². The molecule has 0 aliphatic heterocycles. The van der Waals surface area contributed by atoms with Gasteiger partial charge in [-0.3, -0.25) is 4.79 Å². The van der Waals surface area contributed by atoms with Gasteiger partial charge < -0.3 is 19.3 Å². The normalized spacial score (nSPS) is 12.4. The molecule has 4 rings (SSSR count). The third kappa shape index (κ3) is 4.46. The lowest BCUT2D eigenvalue weighted by Crippen LogP contribution is -2.42. The molecule has 1 atom stereocenters. The second-order valence-corrected chi connectivity index (χ2v) is 9.00. The van der Waals surface area contributed by atoms with Crippen LogP contribution < -0.4 is 10.9 Å². The topological polar surface area (TPSA) is 110 Å². The predicted molar refractivity (Wildman–Crippen MR) is 130 cm³/mol. The van der Waals surface area contributed by atoms with E-state index in [-0.39, 0.29) is 17.9 Å². The number of aryl methyl sites for hydroxylation is 2. The summed E-state index contributed by atoms with van der Waals surface area (Å²) in [5.74, 6) is -0.794. The summed E-state index contributed by atoms with van der Waals surface area (Å²) in [4.78, 5) is 36.9. The van der Waals surface area contributed by atoms with Gasteiger partial charge in [0.05, 0.1) is 12.0 Å². The van der Waals surface area contributed by atoms with E-state index in [1.54, 1.807) is 13.0 Å². The first-order valence-corrected chi connectivity index (χ1v) is 11.2. The number of rotatable bonds is 7. The highest BCUT2D eigenvalue weighted by molar-refractivity contribution is 6.03. The Labute approximate surface area is 196 Å². The van der Waals surface area contributed by atoms with Crippen LogP contribution in [0.25, 0.3) is 33.1 Å². The van der Waals surface area contributed by atoms with Crippen molar-refractivity contribution in [1.82, 2.24) is 5.32 Å². The third-order valence-electron chi connectivity index (χ3n) is 6.01. The van der Waals surface area contributed by atoms with Gasteiger partial charge in [0.2, 0.25) is 5.91 Å². The highest BCUT2D eigenvalue weighted by Crippen LogP contribution is 2.37. The Bertz CT molecular complexity index is 1450. The molecule has 0 saturated heterocycles. The van der Waals surface area contributed by atoms with Crippen LogP contribution in [0.4, 0.5) is 0 Å². The second kappa shape index (κ2) is 9.17. The Morgan fingerprint density at radius 2 is 1.68 bits per heavy atom. The number of carbonyl (C=O) groups excluding carboxylic acids is 1. The lowest BCUT2D eigenvalue weighted by Gasteiger charge is -2.16. The average Bonchev–Trinajstić information content (AvgIpc) is 3.09. The number of furan rings is 1. The third-order valence-corrected chi connectivity index (χ3v) is 6.01. The number of benzene rings is 2. The van der Waals surface area contributed by atoms with E-state index in [0.717, 1.165) is 22.3 Å². The predicted octanol–water partition coefficient (Wildman–Crippen LogP) is 4.98. The van der Waals surface area contributed by atoms with Crippen LogP contribution in [0.2, 0.25) is 0 Å². The molecule has 34 heavy (non-hydrogen) atoms. The minimum atomic E-state index is -1.10. The average molecular weight is 462 g/mol. The van der Waals surface area contributed by atoms with Crippen LogP contribution in [0.15, 0.2) is 56.1 Å². The number of amides is 1. The number of fused-ring (bicyclic) bond motifs is 2. The highest BCUT2D eigenvalue weighted by Gasteiger charge is 2.23. The number of carbonyl (C=O) groups is 2. The molecular weight excluding hydrogens is 434 g/mol. The number of hydrogen-bond donors (Lipinski definition) is 2. The highest BCUT2D eigenvalue weighted by atomic mass is 16.4. The zero-order valence-corrected chi connectivity index (χ0v) is 19.6. The zero-order valence-electron chi connectivity index (χ0n) is 19.6. The maximum Gasteiger partial charge on any atom is 0.340 e. The fourth-order valence-corrected chi connectivity index (χ4v) is 4.37. The fraction of sp³-hybridized carbons (Fsp3) is 0.296. The van der Waals surface area contributed by atoms with Crippen molar-refractivity contribution >= 4 is 33.8 Å². The van der Waals surface area contributed by atoms with Crippen molar-refractivity contribution in [3.63, 3.8) is 0 Å². The van der Waals surface area contributed by atoms with E-state index < -0.39 is 23.5 Å². The molecule has 0 aliphatic carbocycles. The number of carboxylic acid groups (broad SMARTS) is 1. The standard InChI is InChI=1S/C27H27NO6/c1-14(2)10-21(26(30)31)28-24(29)12-19-15(3)18-11-20-23(13-22(18)34-27(19)32)33-16(4)25(20)17-8-6-5-7-9-17/h5-9,11,13-14,21H,10,12H2,1-4H3,(H,28,29)(H,30,31)/t21-/m0/s1. The summed E-state index contributed by atoms with van der Waals surface area (Å²) in [5, 5.41) is 13.5. The van der Waals surface area contributed by atoms with Gasteiger partial charge in [0, 0.05) is 22.4 Å². The minimum absolute atomic E-state index is 0.0912. The van der Waals surface area contributed by atoms with Gasteiger partial charge in [-0.2, -0.15) is 0 Å². The first kappa shape index (κ1) is 23.3. The number of hydrogen-bond acceptors (Lipinski definition) is 5. The summed E-state index contributed by atoms with van der Waals surface area (Å²) in [5.41, 5.74) is 3.15. The SMILES string of the molecule is Cc1oc2cc3oc(=O)c(CC(=O)N[C@@H](CC(C)C)C(=O)O)c(C)c3cc2c1-c1ccccc1. The largest absolute Gasteiger partial charge is 0.480 e. The molecule has 176 valence electrons. The zero-order chi connectivity index (χ0) is 24.6. The molecule has 1 amide bonds. The van der Waals surface area contributed by atoms with Crippen LogP contribution in [-0.4, -0.2) is 23.0 Å². The van der Waals surface area contributed by atoms with E-state index in [0.29, 0.717) is 28.5 Å². The van der Waals surface area contributed by atoms with Crippen molar-refractivity contribution in [2.45, 2.75) is 46.6 Å². The van der Waals surface area contributed by atoms with E-state index in [1.807, 2.05) is 57.2 Å². The summed E-state index contributed by atoms with van der Waals surface area (Å²) in [6.07, 6.45) is 0.0342. The molecule has 0 saturated carbocycles. The Hall–Kier alpha value is -3.87. The lowest BCUT2D eigenvalue weighted by molar-refractivity contribution is -0.142. The number of aliphatic carboxylic acids is 1. The summed E-state index contributed by atoms with van der Waals surface area (Å²) < 4.78 is 11.5. The first-order valence-electron chi connectivity index (χ1n) is 11.2. The summed E-state index contributed by atoms with van der Waals surface area (Å²) in [7, 11) is 0. The summed E-state index contributed by atoms with van der Waals surface area (Å²) >= 11 is 0. The Kier molecular flexibility index (Phi) is 6.28. The van der Waals surface area contributed by atoms with Crippen molar-refractivity contribution < 1.29 is 23.5 Å². The molecule has 0 spiro atoms. The van der Waals surface area contributed by atoms with Crippen LogP contribution in [0, 0.1) is 19.8 Å². The van der Waals surface area contributed by atoms with E-state index >= 15 is 0 Å². The van der Waals surface area contributed by atoms with Gasteiger partial charge in [-0.25, -0.2) is 9.59 Å². The Morgan fingerprint density at radius 3 is 2.32 bits per heavy atom. The van der Waals surface area contributed by atoms with Gasteiger partial charge in [-0.1, -0.05) is 44.2 Å². The molecule has 2 heterocycles. The van der Waals surface area contributed by atoms with Gasteiger partial charge in [-0.05, 0) is 43.4 Å². The number of nitrogens with one attached hydrogen (secondary N) is 1. The van der Waals surface area contributed by atoms with E-state index in [9.17, 15) is 19.5 Å². The fourth-order valence-electron chi connectivity index (χ4n) is 4.37. The van der Waals surface area contributed by atoms with Gasteiger partial charge >= 0.3 is 11.6 Å².